The number of rotatable bonds is 10. The lowest BCUT2D eigenvalue weighted by molar-refractivity contribution is -0.0621. The van der Waals surface area contributed by atoms with Gasteiger partial charge in [0.25, 0.3) is 0 Å². The normalized spacial score (nSPS) is 18.4. The molecule has 0 bridgehead atoms. The van der Waals surface area contributed by atoms with E-state index in [9.17, 15) is 5.11 Å². The molecule has 0 amide bonds. The van der Waals surface area contributed by atoms with Crippen LogP contribution in [0.4, 0.5) is 0 Å². The topological polar surface area (TPSA) is 69.0 Å². The second kappa shape index (κ2) is 11.3. The number of piperidine rings is 1. The van der Waals surface area contributed by atoms with E-state index in [4.69, 9.17) is 25.8 Å². The van der Waals surface area contributed by atoms with Gasteiger partial charge in [0.1, 0.15) is 30.4 Å². The smallest absolute Gasteiger partial charge is 0.161 e. The van der Waals surface area contributed by atoms with Crippen LogP contribution in [0.15, 0.2) is 48.8 Å². The predicted molar refractivity (Wildman–Crippen MR) is 137 cm³/mol. The lowest BCUT2D eigenvalue weighted by Gasteiger charge is -2.39. The molecule has 1 N–H and O–H groups in total. The van der Waals surface area contributed by atoms with Crippen molar-refractivity contribution in [1.82, 2.24) is 14.5 Å². The third kappa shape index (κ3) is 6.69. The first-order valence-corrected chi connectivity index (χ1v) is 12.3. The maximum absolute atomic E-state index is 11.2. The molecule has 1 fully saturated rings. The van der Waals surface area contributed by atoms with E-state index in [0.717, 1.165) is 36.5 Å². The minimum Gasteiger partial charge on any atom is -0.493 e. The van der Waals surface area contributed by atoms with Crippen molar-refractivity contribution in [3.63, 3.8) is 0 Å². The number of aryl methyl sites for hydroxylation is 2. The van der Waals surface area contributed by atoms with Crippen molar-refractivity contribution in [2.45, 2.75) is 45.4 Å². The Kier molecular flexibility index (Phi) is 8.21. The van der Waals surface area contributed by atoms with Crippen LogP contribution in [0.2, 0.25) is 5.02 Å². The van der Waals surface area contributed by atoms with Gasteiger partial charge in [0, 0.05) is 25.5 Å². The Hall–Kier alpha value is -2.74. The summed E-state index contributed by atoms with van der Waals surface area (Å²) in [5.41, 5.74) is 1.25. The first kappa shape index (κ1) is 25.4. The molecular weight excluding hydrogens is 466 g/mol. The molecule has 4 rings (SSSR count). The molecular formula is C27H34ClN3O4. The van der Waals surface area contributed by atoms with E-state index < -0.39 is 5.60 Å². The van der Waals surface area contributed by atoms with Gasteiger partial charge in [0.2, 0.25) is 0 Å². The van der Waals surface area contributed by atoms with Gasteiger partial charge in [-0.25, -0.2) is 4.98 Å². The van der Waals surface area contributed by atoms with Crippen LogP contribution in [0.1, 0.15) is 29.8 Å². The van der Waals surface area contributed by atoms with E-state index in [0.29, 0.717) is 48.4 Å². The zero-order valence-electron chi connectivity index (χ0n) is 20.7. The third-order valence-electron chi connectivity index (χ3n) is 6.37. The number of nitrogens with zero attached hydrogens (tertiary/aromatic N) is 3. The molecule has 0 spiro atoms. The van der Waals surface area contributed by atoms with Crippen LogP contribution in [0.3, 0.4) is 0 Å². The van der Waals surface area contributed by atoms with Crippen molar-refractivity contribution >= 4 is 11.6 Å². The second-order valence-electron chi connectivity index (χ2n) is 9.26. The van der Waals surface area contributed by atoms with Crippen molar-refractivity contribution in [1.29, 1.82) is 0 Å². The molecule has 1 aliphatic heterocycles. The number of likely N-dealkylation sites (tertiary alicyclic amines) is 1. The quantitative estimate of drug-likeness (QED) is 0.438. The lowest BCUT2D eigenvalue weighted by atomic mass is 9.93. The van der Waals surface area contributed by atoms with Crippen LogP contribution in [0, 0.1) is 13.8 Å². The van der Waals surface area contributed by atoms with Crippen LogP contribution in [0.25, 0.3) is 0 Å². The number of halogens is 1. The molecule has 188 valence electrons. The minimum atomic E-state index is -0.927. The van der Waals surface area contributed by atoms with Crippen LogP contribution < -0.4 is 14.2 Å². The number of methoxy groups -OCH3 is 1. The molecule has 1 atom stereocenters. The number of hydrogen-bond acceptors (Lipinski definition) is 6. The van der Waals surface area contributed by atoms with Gasteiger partial charge in [-0.05, 0) is 68.6 Å². The van der Waals surface area contributed by atoms with Gasteiger partial charge in [-0.2, -0.15) is 0 Å². The summed E-state index contributed by atoms with van der Waals surface area (Å²) in [7, 11) is 1.65. The van der Waals surface area contributed by atoms with Crippen molar-refractivity contribution in [2.24, 2.45) is 0 Å². The van der Waals surface area contributed by atoms with E-state index in [1.165, 1.54) is 0 Å². The number of ether oxygens (including phenoxy) is 3. The maximum Gasteiger partial charge on any atom is 0.161 e. The molecule has 35 heavy (non-hydrogen) atoms. The first-order valence-electron chi connectivity index (χ1n) is 12.0. The highest BCUT2D eigenvalue weighted by Gasteiger charge is 2.34. The molecule has 7 nitrogen and oxygen atoms in total. The molecule has 0 radical (unpaired) electrons. The number of hydrogen-bond donors (Lipinski definition) is 1. The molecule has 0 unspecified atom stereocenters. The zero-order chi connectivity index (χ0) is 24.8. The van der Waals surface area contributed by atoms with Crippen molar-refractivity contribution in [3.8, 4) is 17.2 Å². The highest BCUT2D eigenvalue weighted by molar-refractivity contribution is 6.32. The summed E-state index contributed by atoms with van der Waals surface area (Å²) in [5.74, 6) is 2.99. The van der Waals surface area contributed by atoms with E-state index in [-0.39, 0.29) is 6.61 Å². The molecule has 3 aromatic rings. The largest absolute Gasteiger partial charge is 0.493 e. The summed E-state index contributed by atoms with van der Waals surface area (Å²) in [4.78, 5) is 6.49. The van der Waals surface area contributed by atoms with Gasteiger partial charge in [0.05, 0.1) is 18.7 Å². The van der Waals surface area contributed by atoms with Gasteiger partial charge in [-0.15, -0.1) is 0 Å². The number of benzene rings is 2. The van der Waals surface area contributed by atoms with Crippen molar-refractivity contribution in [2.75, 3.05) is 33.4 Å². The lowest BCUT2D eigenvalue weighted by Crippen LogP contribution is -2.51. The summed E-state index contributed by atoms with van der Waals surface area (Å²) in [6.07, 6.45) is 5.32. The van der Waals surface area contributed by atoms with Gasteiger partial charge >= 0.3 is 0 Å². The van der Waals surface area contributed by atoms with E-state index in [1.54, 1.807) is 13.3 Å². The molecule has 1 aromatic heterocycles. The van der Waals surface area contributed by atoms with Crippen LogP contribution in [-0.4, -0.2) is 58.6 Å². The first-order chi connectivity index (χ1) is 16.8. The molecule has 2 aromatic carbocycles. The van der Waals surface area contributed by atoms with Crippen molar-refractivity contribution < 1.29 is 19.3 Å². The van der Waals surface area contributed by atoms with Gasteiger partial charge < -0.3 is 23.9 Å². The number of aromatic nitrogens is 2. The number of β-amino-alcohol motifs (C(OH)–C–C–N with tert-alkyl or cyclic N) is 1. The van der Waals surface area contributed by atoms with E-state index in [2.05, 4.69) is 20.5 Å². The zero-order valence-corrected chi connectivity index (χ0v) is 21.4. The monoisotopic (exact) mass is 499 g/mol. The fourth-order valence-electron chi connectivity index (χ4n) is 4.47. The molecule has 2 heterocycles. The SMILES string of the molecule is COc1cc(CN2CCC[C@@](O)(COc3cc(C)ccc3Cl)C2)ccc1OCCn1ccnc1C. The van der Waals surface area contributed by atoms with Crippen LogP contribution in [0.5, 0.6) is 17.2 Å². The Balaban J connectivity index is 1.33. The molecule has 1 aliphatic rings. The average molecular weight is 500 g/mol. The maximum atomic E-state index is 11.2. The second-order valence-corrected chi connectivity index (χ2v) is 9.67. The Bertz CT molecular complexity index is 1140. The Morgan fingerprint density at radius 2 is 1.94 bits per heavy atom. The summed E-state index contributed by atoms with van der Waals surface area (Å²) in [5, 5.41) is 11.8. The molecule has 0 aliphatic carbocycles. The minimum absolute atomic E-state index is 0.208. The van der Waals surface area contributed by atoms with E-state index in [1.807, 2.05) is 50.4 Å². The van der Waals surface area contributed by atoms with Crippen LogP contribution in [-0.2, 0) is 13.1 Å². The highest BCUT2D eigenvalue weighted by atomic mass is 35.5. The number of aliphatic hydroxyl groups is 1. The Morgan fingerprint density at radius 3 is 2.71 bits per heavy atom. The Labute approximate surface area is 212 Å². The number of imidazole rings is 1. The Morgan fingerprint density at radius 1 is 1.09 bits per heavy atom. The fourth-order valence-corrected chi connectivity index (χ4v) is 4.65. The summed E-state index contributed by atoms with van der Waals surface area (Å²) in [6, 6.07) is 11.7. The molecule has 1 saturated heterocycles. The summed E-state index contributed by atoms with van der Waals surface area (Å²) < 4.78 is 19.5. The van der Waals surface area contributed by atoms with E-state index >= 15 is 0 Å². The van der Waals surface area contributed by atoms with Crippen molar-refractivity contribution in [3.05, 3.63) is 70.8 Å². The van der Waals surface area contributed by atoms with Crippen LogP contribution >= 0.6 is 11.6 Å². The standard InChI is InChI=1S/C27H34ClN3O4/c1-20-5-7-23(28)25(15-20)35-19-27(32)9-4-11-30(18-27)17-22-6-8-24(26(16-22)33-3)34-14-13-31-12-10-29-21(31)2/h5-8,10,12,15-16,32H,4,9,11,13-14,17-19H2,1-3H3/t27-/m0/s1. The van der Waals surface area contributed by atoms with Gasteiger partial charge in [0.15, 0.2) is 11.5 Å². The van der Waals surface area contributed by atoms with Gasteiger partial charge in [-0.1, -0.05) is 23.7 Å². The highest BCUT2D eigenvalue weighted by Crippen LogP contribution is 2.31. The molecule has 0 saturated carbocycles. The fraction of sp³-hybridized carbons (Fsp3) is 0.444. The third-order valence-corrected chi connectivity index (χ3v) is 6.68. The average Bonchev–Trinajstić information content (AvgIpc) is 3.25. The predicted octanol–water partition coefficient (Wildman–Crippen LogP) is 4.65. The summed E-state index contributed by atoms with van der Waals surface area (Å²) in [6.45, 7) is 7.57. The van der Waals surface area contributed by atoms with Gasteiger partial charge in [-0.3, -0.25) is 4.90 Å². The molecule has 8 heteroatoms. The summed E-state index contributed by atoms with van der Waals surface area (Å²) >= 11 is 6.26.